The summed E-state index contributed by atoms with van der Waals surface area (Å²) >= 11 is 6.73. The Kier molecular flexibility index (Phi) is 5.57. The summed E-state index contributed by atoms with van der Waals surface area (Å²) in [5, 5.41) is 31.0. The third kappa shape index (κ3) is 3.27. The van der Waals surface area contributed by atoms with Gasteiger partial charge in [0.1, 0.15) is 11.5 Å². The van der Waals surface area contributed by atoms with Gasteiger partial charge in [0.05, 0.1) is 20.1 Å². The van der Waals surface area contributed by atoms with E-state index in [4.69, 9.17) is 4.74 Å². The first-order valence-corrected chi connectivity index (χ1v) is 11.6. The topological polar surface area (TPSA) is 104 Å². The quantitative estimate of drug-likeness (QED) is 0.330. The molecule has 3 aromatic rings. The molecule has 33 heavy (non-hydrogen) atoms. The molecule has 0 unspecified atom stereocenters. The van der Waals surface area contributed by atoms with Gasteiger partial charge in [0.15, 0.2) is 5.60 Å². The van der Waals surface area contributed by atoms with Gasteiger partial charge >= 0.3 is 11.9 Å². The average molecular weight is 576 g/mol. The number of hydrogen-bond acceptors (Lipinski definition) is 5. The van der Waals surface area contributed by atoms with Crippen LogP contribution in [0.2, 0.25) is 0 Å². The van der Waals surface area contributed by atoms with Crippen LogP contribution in [-0.2, 0) is 10.3 Å². The Labute approximate surface area is 207 Å². The fraction of sp³-hybridized carbons (Fsp3) is 0.200. The standard InChI is InChI=1S/C25H20Br2O6/c1-10-7-17(26)21(28)12(3)19(10)25(20-11(2)8-18(27)22(29)13(20)4)16-6-5-14(23(30)31)9-15(16)24(32)33-25/h5-9,28-29H,1-4H3,(H,30,31). The van der Waals surface area contributed by atoms with Crippen LogP contribution in [-0.4, -0.2) is 27.3 Å². The Balaban J connectivity index is 2.23. The molecule has 0 bridgehead atoms. The van der Waals surface area contributed by atoms with E-state index >= 15 is 0 Å². The van der Waals surface area contributed by atoms with Crippen molar-refractivity contribution >= 4 is 43.8 Å². The number of ether oxygens (including phenoxy) is 1. The van der Waals surface area contributed by atoms with Crippen LogP contribution in [0, 0.1) is 27.7 Å². The van der Waals surface area contributed by atoms with Crippen molar-refractivity contribution in [3.05, 3.63) is 89.3 Å². The monoisotopic (exact) mass is 574 g/mol. The number of phenols is 2. The number of carbonyl (C=O) groups excluding carboxylic acids is 1. The van der Waals surface area contributed by atoms with E-state index in [2.05, 4.69) is 31.9 Å². The van der Waals surface area contributed by atoms with E-state index < -0.39 is 17.5 Å². The number of rotatable bonds is 3. The minimum Gasteiger partial charge on any atom is -0.506 e. The minimum absolute atomic E-state index is 0.00160. The number of aryl methyl sites for hydroxylation is 2. The zero-order valence-electron chi connectivity index (χ0n) is 18.2. The molecular weight excluding hydrogens is 556 g/mol. The number of benzene rings is 3. The molecule has 1 aliphatic heterocycles. The molecule has 6 nitrogen and oxygen atoms in total. The van der Waals surface area contributed by atoms with Crippen molar-refractivity contribution in [3.63, 3.8) is 0 Å². The molecular formula is C25H20Br2O6. The van der Waals surface area contributed by atoms with Gasteiger partial charge in [-0.05, 0) is 94.9 Å². The summed E-state index contributed by atoms with van der Waals surface area (Å²) in [4.78, 5) is 24.8. The summed E-state index contributed by atoms with van der Waals surface area (Å²) in [6.45, 7) is 7.14. The van der Waals surface area contributed by atoms with Crippen molar-refractivity contribution in [1.82, 2.24) is 0 Å². The van der Waals surface area contributed by atoms with E-state index in [-0.39, 0.29) is 22.6 Å². The Hall–Kier alpha value is -2.84. The Morgan fingerprint density at radius 2 is 1.36 bits per heavy atom. The molecule has 1 heterocycles. The molecule has 0 atom stereocenters. The van der Waals surface area contributed by atoms with Crippen LogP contribution in [0.15, 0.2) is 39.3 Å². The van der Waals surface area contributed by atoms with Gasteiger partial charge in [0.25, 0.3) is 0 Å². The van der Waals surface area contributed by atoms with Gasteiger partial charge in [-0.3, -0.25) is 0 Å². The number of carbonyl (C=O) groups is 2. The first-order valence-electron chi connectivity index (χ1n) is 10.0. The third-order valence-electron chi connectivity index (χ3n) is 6.20. The zero-order chi connectivity index (χ0) is 24.4. The maximum Gasteiger partial charge on any atom is 0.340 e. The van der Waals surface area contributed by atoms with Gasteiger partial charge in [-0.15, -0.1) is 0 Å². The number of cyclic esters (lactones) is 1. The number of carboxylic acid groups (broad SMARTS) is 1. The van der Waals surface area contributed by atoms with E-state index in [0.29, 0.717) is 36.8 Å². The minimum atomic E-state index is -1.51. The summed E-state index contributed by atoms with van der Waals surface area (Å²) in [6, 6.07) is 7.76. The van der Waals surface area contributed by atoms with E-state index in [1.54, 1.807) is 32.0 Å². The maximum atomic E-state index is 13.2. The van der Waals surface area contributed by atoms with Gasteiger partial charge in [-0.1, -0.05) is 6.07 Å². The molecule has 0 radical (unpaired) electrons. The van der Waals surface area contributed by atoms with E-state index in [0.717, 1.165) is 11.1 Å². The highest BCUT2D eigenvalue weighted by atomic mass is 79.9. The molecule has 0 saturated heterocycles. The van der Waals surface area contributed by atoms with Gasteiger partial charge in [0.2, 0.25) is 0 Å². The number of aromatic hydroxyl groups is 2. The van der Waals surface area contributed by atoms with Crippen molar-refractivity contribution in [1.29, 1.82) is 0 Å². The van der Waals surface area contributed by atoms with Crippen LogP contribution in [0.5, 0.6) is 11.5 Å². The van der Waals surface area contributed by atoms with Crippen molar-refractivity contribution in [2.75, 3.05) is 0 Å². The molecule has 3 aromatic carbocycles. The first-order chi connectivity index (χ1) is 15.4. The number of esters is 1. The van der Waals surface area contributed by atoms with Crippen LogP contribution in [0.3, 0.4) is 0 Å². The number of phenolic OH excluding ortho intramolecular Hbond substituents is 2. The molecule has 170 valence electrons. The molecule has 0 spiro atoms. The van der Waals surface area contributed by atoms with E-state index in [1.165, 1.54) is 12.1 Å². The molecule has 0 aliphatic carbocycles. The predicted octanol–water partition coefficient (Wildman–Crippen LogP) is 6.02. The summed E-state index contributed by atoms with van der Waals surface area (Å²) in [6.07, 6.45) is 0. The Morgan fingerprint density at radius 1 is 0.879 bits per heavy atom. The second-order valence-electron chi connectivity index (χ2n) is 8.18. The second-order valence-corrected chi connectivity index (χ2v) is 9.89. The highest BCUT2D eigenvalue weighted by Crippen LogP contribution is 2.54. The molecule has 3 N–H and O–H groups in total. The Morgan fingerprint density at radius 3 is 1.82 bits per heavy atom. The summed E-state index contributed by atoms with van der Waals surface area (Å²) in [5.41, 5.74) is 2.57. The number of aromatic carboxylic acids is 1. The van der Waals surface area contributed by atoms with Crippen LogP contribution >= 0.6 is 31.9 Å². The molecule has 0 saturated carbocycles. The second kappa shape index (κ2) is 7.88. The zero-order valence-corrected chi connectivity index (χ0v) is 21.4. The van der Waals surface area contributed by atoms with E-state index in [9.17, 15) is 24.9 Å². The molecule has 0 fully saturated rings. The average Bonchev–Trinajstić information content (AvgIpc) is 3.02. The van der Waals surface area contributed by atoms with Crippen molar-refractivity contribution < 1.29 is 29.6 Å². The first kappa shape index (κ1) is 23.3. The fourth-order valence-electron chi connectivity index (χ4n) is 4.83. The van der Waals surface area contributed by atoms with Gasteiger partial charge in [-0.2, -0.15) is 0 Å². The number of hydrogen-bond donors (Lipinski definition) is 3. The van der Waals surface area contributed by atoms with Crippen molar-refractivity contribution in [2.45, 2.75) is 33.3 Å². The third-order valence-corrected chi connectivity index (χ3v) is 7.41. The largest absolute Gasteiger partial charge is 0.506 e. The SMILES string of the molecule is Cc1cc(Br)c(O)c(C)c1C1(c2c(C)cc(Br)c(O)c2C)OC(=O)c2cc(C(=O)O)ccc21. The van der Waals surface area contributed by atoms with Gasteiger partial charge in [-0.25, -0.2) is 9.59 Å². The van der Waals surface area contributed by atoms with Gasteiger partial charge in [0, 0.05) is 27.8 Å². The number of fused-ring (bicyclic) bond motifs is 1. The molecule has 8 heteroatoms. The van der Waals surface area contributed by atoms with Gasteiger partial charge < -0.3 is 20.1 Å². The maximum absolute atomic E-state index is 13.2. The molecule has 0 aromatic heterocycles. The highest BCUT2D eigenvalue weighted by Gasteiger charge is 2.52. The summed E-state index contributed by atoms with van der Waals surface area (Å²) < 4.78 is 7.14. The van der Waals surface area contributed by atoms with E-state index in [1.807, 2.05) is 13.8 Å². The van der Waals surface area contributed by atoms with Crippen LogP contribution in [0.4, 0.5) is 0 Å². The lowest BCUT2D eigenvalue weighted by molar-refractivity contribution is 0.0243. The summed E-state index contributed by atoms with van der Waals surface area (Å²) in [5.74, 6) is -1.85. The lowest BCUT2D eigenvalue weighted by Gasteiger charge is -2.36. The lowest BCUT2D eigenvalue weighted by Crippen LogP contribution is -2.33. The highest BCUT2D eigenvalue weighted by molar-refractivity contribution is 9.10. The fourth-order valence-corrected chi connectivity index (χ4v) is 6.11. The normalized spacial score (nSPS) is 14.2. The number of halogens is 2. The molecule has 1 aliphatic rings. The smallest absolute Gasteiger partial charge is 0.340 e. The van der Waals surface area contributed by atoms with Crippen LogP contribution in [0.25, 0.3) is 0 Å². The van der Waals surface area contributed by atoms with Crippen molar-refractivity contribution in [3.8, 4) is 11.5 Å². The van der Waals surface area contributed by atoms with Crippen molar-refractivity contribution in [2.24, 2.45) is 0 Å². The number of carboxylic acids is 1. The van der Waals surface area contributed by atoms with Crippen LogP contribution in [0.1, 0.15) is 59.7 Å². The van der Waals surface area contributed by atoms with Crippen LogP contribution < -0.4 is 0 Å². The lowest BCUT2D eigenvalue weighted by atomic mass is 9.73. The Bertz CT molecular complexity index is 1310. The predicted molar refractivity (Wildman–Crippen MR) is 129 cm³/mol. The summed E-state index contributed by atoms with van der Waals surface area (Å²) in [7, 11) is 0. The molecule has 0 amide bonds. The molecule has 4 rings (SSSR count).